The first-order valence-corrected chi connectivity index (χ1v) is 8.16. The first-order chi connectivity index (χ1) is 11.5. The molecule has 0 unspecified atom stereocenters. The lowest BCUT2D eigenvalue weighted by molar-refractivity contribution is 0.229. The third-order valence-corrected chi connectivity index (χ3v) is 3.68. The maximum atomic E-state index is 5.76. The van der Waals surface area contributed by atoms with Gasteiger partial charge in [-0.3, -0.25) is 4.40 Å². The summed E-state index contributed by atoms with van der Waals surface area (Å²) in [5, 5.41) is 3.44. The Morgan fingerprint density at radius 3 is 2.83 bits per heavy atom. The Balaban J connectivity index is 1.72. The van der Waals surface area contributed by atoms with Gasteiger partial charge < -0.3 is 10.1 Å². The van der Waals surface area contributed by atoms with Crippen molar-refractivity contribution < 1.29 is 4.74 Å². The first-order valence-electron chi connectivity index (χ1n) is 8.16. The van der Waals surface area contributed by atoms with Gasteiger partial charge in [0.2, 0.25) is 11.7 Å². The number of imidazole rings is 1. The summed E-state index contributed by atoms with van der Waals surface area (Å²) in [6.45, 7) is 9.44. The van der Waals surface area contributed by atoms with Gasteiger partial charge in [0, 0.05) is 36.2 Å². The minimum Gasteiger partial charge on any atom is -0.475 e. The second-order valence-corrected chi connectivity index (χ2v) is 6.16. The number of pyridine rings is 1. The molecule has 0 fully saturated rings. The maximum absolute atomic E-state index is 5.76. The highest BCUT2D eigenvalue weighted by atomic mass is 16.5. The molecule has 0 aliphatic heterocycles. The molecule has 0 atom stereocenters. The maximum Gasteiger partial charge on any atom is 0.234 e. The summed E-state index contributed by atoms with van der Waals surface area (Å²) < 4.78 is 7.84. The number of nitrogens with one attached hydrogen (secondary N) is 1. The summed E-state index contributed by atoms with van der Waals surface area (Å²) in [4.78, 5) is 13.2. The Hall–Kier alpha value is -2.47. The molecule has 6 nitrogen and oxygen atoms in total. The number of nitrogens with zero attached hydrogens (tertiary/aromatic N) is 4. The summed E-state index contributed by atoms with van der Waals surface area (Å²) in [6, 6.07) is 6.02. The highest BCUT2D eigenvalue weighted by Crippen LogP contribution is 2.16. The van der Waals surface area contributed by atoms with E-state index in [2.05, 4.69) is 37.7 Å². The van der Waals surface area contributed by atoms with Gasteiger partial charge in [-0.2, -0.15) is 0 Å². The van der Waals surface area contributed by atoms with E-state index in [0.717, 1.165) is 28.4 Å². The highest BCUT2D eigenvalue weighted by molar-refractivity contribution is 5.35. The Morgan fingerprint density at radius 2 is 2.04 bits per heavy atom. The second-order valence-electron chi connectivity index (χ2n) is 6.16. The van der Waals surface area contributed by atoms with Crippen LogP contribution in [0.25, 0.3) is 5.78 Å². The lowest BCUT2D eigenvalue weighted by atomic mass is 10.2. The van der Waals surface area contributed by atoms with Crippen molar-refractivity contribution in [3.8, 4) is 5.88 Å². The van der Waals surface area contributed by atoms with Crippen LogP contribution in [0.1, 0.15) is 36.5 Å². The van der Waals surface area contributed by atoms with E-state index < -0.39 is 0 Å². The molecule has 0 amide bonds. The monoisotopic (exact) mass is 325 g/mol. The lowest BCUT2D eigenvalue weighted by Gasteiger charge is -2.13. The van der Waals surface area contributed by atoms with Gasteiger partial charge in [-0.25, -0.2) is 15.0 Å². The molecule has 126 valence electrons. The fourth-order valence-electron chi connectivity index (χ4n) is 2.73. The van der Waals surface area contributed by atoms with E-state index in [-0.39, 0.29) is 6.10 Å². The average Bonchev–Trinajstić information content (AvgIpc) is 2.91. The molecule has 3 aromatic heterocycles. The molecule has 3 rings (SSSR count). The Kier molecular flexibility index (Phi) is 4.76. The third kappa shape index (κ3) is 3.54. The Labute approximate surface area is 141 Å². The molecule has 3 heterocycles. The summed E-state index contributed by atoms with van der Waals surface area (Å²) in [6.07, 6.45) is 3.73. The van der Waals surface area contributed by atoms with Gasteiger partial charge in [0.05, 0.1) is 18.0 Å². The molecule has 3 aromatic rings. The number of hydrogen-bond acceptors (Lipinski definition) is 5. The molecule has 0 aliphatic rings. The van der Waals surface area contributed by atoms with Crippen LogP contribution in [0, 0.1) is 13.8 Å². The van der Waals surface area contributed by atoms with E-state index in [1.807, 2.05) is 39.1 Å². The second kappa shape index (κ2) is 6.97. The number of hydrogen-bond donors (Lipinski definition) is 1. The van der Waals surface area contributed by atoms with Gasteiger partial charge in [-0.1, -0.05) is 6.07 Å². The van der Waals surface area contributed by atoms with Crippen molar-refractivity contribution in [3.05, 3.63) is 53.2 Å². The van der Waals surface area contributed by atoms with Crippen molar-refractivity contribution in [2.24, 2.45) is 0 Å². The molecule has 1 N–H and O–H groups in total. The topological polar surface area (TPSA) is 64.3 Å². The number of aryl methyl sites for hydroxylation is 2. The molecular weight excluding hydrogens is 302 g/mol. The predicted molar refractivity (Wildman–Crippen MR) is 93.0 cm³/mol. The number of fused-ring (bicyclic) bond motifs is 1. The molecule has 0 aromatic carbocycles. The zero-order valence-corrected chi connectivity index (χ0v) is 14.6. The van der Waals surface area contributed by atoms with Gasteiger partial charge in [0.1, 0.15) is 0 Å². The van der Waals surface area contributed by atoms with Crippen molar-refractivity contribution in [2.45, 2.75) is 46.9 Å². The van der Waals surface area contributed by atoms with Gasteiger partial charge in [-0.15, -0.1) is 0 Å². The van der Waals surface area contributed by atoms with Crippen LogP contribution in [0.15, 0.2) is 30.6 Å². The summed E-state index contributed by atoms with van der Waals surface area (Å²) in [7, 11) is 0. The van der Waals surface area contributed by atoms with E-state index in [1.54, 1.807) is 6.20 Å². The van der Waals surface area contributed by atoms with Crippen LogP contribution in [-0.2, 0) is 13.1 Å². The summed E-state index contributed by atoms with van der Waals surface area (Å²) in [5.41, 5.74) is 4.25. The molecule has 0 aliphatic carbocycles. The zero-order valence-electron chi connectivity index (χ0n) is 14.6. The van der Waals surface area contributed by atoms with Crippen LogP contribution in [0.2, 0.25) is 0 Å². The van der Waals surface area contributed by atoms with Crippen LogP contribution in [0.5, 0.6) is 5.88 Å². The van der Waals surface area contributed by atoms with Crippen molar-refractivity contribution in [1.82, 2.24) is 24.7 Å². The van der Waals surface area contributed by atoms with Crippen molar-refractivity contribution >= 4 is 5.78 Å². The Morgan fingerprint density at radius 1 is 1.21 bits per heavy atom. The number of rotatable bonds is 6. The molecule has 24 heavy (non-hydrogen) atoms. The molecule has 0 saturated carbocycles. The third-order valence-electron chi connectivity index (χ3n) is 3.68. The largest absolute Gasteiger partial charge is 0.475 e. The van der Waals surface area contributed by atoms with Crippen molar-refractivity contribution in [3.63, 3.8) is 0 Å². The normalized spacial score (nSPS) is 11.4. The lowest BCUT2D eigenvalue weighted by Crippen LogP contribution is -2.17. The Bertz CT molecular complexity index is 841. The molecule has 0 bridgehead atoms. The van der Waals surface area contributed by atoms with Crippen LogP contribution < -0.4 is 10.1 Å². The summed E-state index contributed by atoms with van der Waals surface area (Å²) in [5.74, 6) is 1.43. The van der Waals surface area contributed by atoms with E-state index in [4.69, 9.17) is 4.74 Å². The van der Waals surface area contributed by atoms with E-state index in [9.17, 15) is 0 Å². The SMILES string of the molecule is Cc1cc(C)n2c(CNCc3cccnc3OC(C)C)cnc2n1. The average molecular weight is 325 g/mol. The molecular formula is C18H23N5O. The molecule has 0 saturated heterocycles. The van der Waals surface area contributed by atoms with Gasteiger partial charge in [-0.05, 0) is 39.8 Å². The summed E-state index contributed by atoms with van der Waals surface area (Å²) >= 11 is 0. The van der Waals surface area contributed by atoms with E-state index >= 15 is 0 Å². The van der Waals surface area contributed by atoms with Crippen LogP contribution in [-0.4, -0.2) is 25.5 Å². The fraction of sp³-hybridized carbons (Fsp3) is 0.389. The van der Waals surface area contributed by atoms with Crippen LogP contribution in [0.4, 0.5) is 0 Å². The van der Waals surface area contributed by atoms with Crippen LogP contribution in [0.3, 0.4) is 0 Å². The van der Waals surface area contributed by atoms with Crippen molar-refractivity contribution in [2.75, 3.05) is 0 Å². The smallest absolute Gasteiger partial charge is 0.234 e. The first kappa shape index (κ1) is 16.4. The number of aromatic nitrogens is 4. The standard InChI is InChI=1S/C18H23N5O/c1-12(2)24-17-15(6-5-7-20-17)9-19-10-16-11-21-18-22-13(3)8-14(4)23(16)18/h5-8,11-12,19H,9-10H2,1-4H3. The van der Waals surface area contributed by atoms with E-state index in [0.29, 0.717) is 19.0 Å². The van der Waals surface area contributed by atoms with E-state index in [1.165, 1.54) is 0 Å². The quantitative estimate of drug-likeness (QED) is 0.755. The van der Waals surface area contributed by atoms with Crippen LogP contribution >= 0.6 is 0 Å². The predicted octanol–water partition coefficient (Wildman–Crippen LogP) is 2.82. The zero-order chi connectivity index (χ0) is 17.1. The minimum atomic E-state index is 0.106. The fourth-order valence-corrected chi connectivity index (χ4v) is 2.73. The van der Waals surface area contributed by atoms with Gasteiger partial charge in [0.25, 0.3) is 0 Å². The molecule has 0 spiro atoms. The molecule has 6 heteroatoms. The molecule has 0 radical (unpaired) electrons. The highest BCUT2D eigenvalue weighted by Gasteiger charge is 2.09. The minimum absolute atomic E-state index is 0.106. The van der Waals surface area contributed by atoms with Gasteiger partial charge >= 0.3 is 0 Å². The van der Waals surface area contributed by atoms with Gasteiger partial charge in [0.15, 0.2) is 0 Å². The van der Waals surface area contributed by atoms with Crippen molar-refractivity contribution in [1.29, 1.82) is 0 Å². The number of ether oxygens (including phenoxy) is 1.